The third-order valence-corrected chi connectivity index (χ3v) is 5.92. The van der Waals surface area contributed by atoms with E-state index in [1.165, 1.54) is 0 Å². The number of piperidine rings is 1. The smallest absolute Gasteiger partial charge is 0.433 e. The third kappa shape index (κ3) is 6.18. The summed E-state index contributed by atoms with van der Waals surface area (Å²) in [4.78, 5) is 9.78. The van der Waals surface area contributed by atoms with Gasteiger partial charge in [0, 0.05) is 29.7 Å². The van der Waals surface area contributed by atoms with Crippen molar-refractivity contribution >= 4 is 40.7 Å². The highest BCUT2D eigenvalue weighted by atomic mass is 35.5. The Bertz CT molecular complexity index is 1150. The molecule has 1 fully saturated rings. The molecule has 0 bridgehead atoms. The fourth-order valence-corrected chi connectivity index (χ4v) is 4.04. The van der Waals surface area contributed by atoms with Gasteiger partial charge in [0.25, 0.3) is 0 Å². The minimum atomic E-state index is -4.60. The first-order valence-corrected chi connectivity index (χ1v) is 11.6. The number of furan rings is 1. The first-order valence-electron chi connectivity index (χ1n) is 10.8. The summed E-state index contributed by atoms with van der Waals surface area (Å²) in [5.41, 5.74) is -0.145. The van der Waals surface area contributed by atoms with Crippen LogP contribution in [0.3, 0.4) is 0 Å². The van der Waals surface area contributed by atoms with Gasteiger partial charge in [0.15, 0.2) is 10.8 Å². The van der Waals surface area contributed by atoms with Crippen LogP contribution in [0.1, 0.15) is 31.2 Å². The second-order valence-corrected chi connectivity index (χ2v) is 9.05. The van der Waals surface area contributed by atoms with E-state index in [1.807, 2.05) is 23.1 Å². The summed E-state index contributed by atoms with van der Waals surface area (Å²) in [6, 6.07) is 11.8. The van der Waals surface area contributed by atoms with Gasteiger partial charge >= 0.3 is 6.18 Å². The number of benzene rings is 1. The van der Waals surface area contributed by atoms with Gasteiger partial charge in [0.05, 0.1) is 6.54 Å². The van der Waals surface area contributed by atoms with E-state index >= 15 is 0 Å². The van der Waals surface area contributed by atoms with Crippen molar-refractivity contribution in [1.29, 1.82) is 0 Å². The highest BCUT2D eigenvalue weighted by Gasteiger charge is 2.34. The van der Waals surface area contributed by atoms with E-state index in [4.69, 9.17) is 28.2 Å². The molecule has 0 radical (unpaired) electrons. The Morgan fingerprint density at radius 3 is 2.68 bits per heavy atom. The standard InChI is InChI=1S/C23H23ClF3N5OS/c1-14-3-2-10-32(13-14)20-11-19(23(25,26)27)29-21(30-20)31-22(34)28-12-17-8-9-18(33-17)15-4-6-16(24)7-5-15/h4-9,11,14H,2-3,10,12-13H2,1H3,(H2,28,29,30,31,34)/t14-/m0/s1. The van der Waals surface area contributed by atoms with Crippen LogP contribution in [0.5, 0.6) is 0 Å². The van der Waals surface area contributed by atoms with Crippen LogP contribution in [0.15, 0.2) is 46.9 Å². The molecular weight excluding hydrogens is 487 g/mol. The van der Waals surface area contributed by atoms with E-state index in [9.17, 15) is 13.2 Å². The largest absolute Gasteiger partial charge is 0.459 e. The summed E-state index contributed by atoms with van der Waals surface area (Å²) in [6.45, 7) is 3.60. The summed E-state index contributed by atoms with van der Waals surface area (Å²) in [7, 11) is 0. The number of nitrogens with one attached hydrogen (secondary N) is 2. The molecule has 4 rings (SSSR count). The highest BCUT2D eigenvalue weighted by Crippen LogP contribution is 2.32. The molecule has 1 aliphatic rings. The van der Waals surface area contributed by atoms with Crippen LogP contribution in [0.2, 0.25) is 5.02 Å². The van der Waals surface area contributed by atoms with Crippen molar-refractivity contribution in [2.75, 3.05) is 23.3 Å². The number of nitrogens with zero attached hydrogens (tertiary/aromatic N) is 3. The second-order valence-electron chi connectivity index (χ2n) is 8.21. The van der Waals surface area contributed by atoms with E-state index in [-0.39, 0.29) is 23.4 Å². The molecule has 0 amide bonds. The quantitative estimate of drug-likeness (QED) is 0.401. The molecule has 0 saturated carbocycles. The van der Waals surface area contributed by atoms with Gasteiger partial charge in [-0.25, -0.2) is 4.98 Å². The van der Waals surface area contributed by atoms with E-state index in [2.05, 4.69) is 27.5 Å². The summed E-state index contributed by atoms with van der Waals surface area (Å²) in [5.74, 6) is 1.67. The van der Waals surface area contributed by atoms with Gasteiger partial charge in [-0.2, -0.15) is 18.2 Å². The number of anilines is 2. The fourth-order valence-electron chi connectivity index (χ4n) is 3.75. The molecule has 180 valence electrons. The highest BCUT2D eigenvalue weighted by molar-refractivity contribution is 7.80. The molecular formula is C23H23ClF3N5OS. The van der Waals surface area contributed by atoms with E-state index in [0.717, 1.165) is 24.5 Å². The Morgan fingerprint density at radius 2 is 1.97 bits per heavy atom. The molecule has 0 spiro atoms. The maximum Gasteiger partial charge on any atom is 0.433 e. The molecule has 1 saturated heterocycles. The normalized spacial score (nSPS) is 16.4. The zero-order valence-electron chi connectivity index (χ0n) is 18.3. The topological polar surface area (TPSA) is 66.2 Å². The number of hydrogen-bond acceptors (Lipinski definition) is 5. The van der Waals surface area contributed by atoms with Crippen molar-refractivity contribution in [3.8, 4) is 11.3 Å². The molecule has 0 aliphatic carbocycles. The van der Waals surface area contributed by atoms with Crippen molar-refractivity contribution in [2.24, 2.45) is 5.92 Å². The zero-order valence-corrected chi connectivity index (χ0v) is 19.9. The van der Waals surface area contributed by atoms with Gasteiger partial charge in [0.2, 0.25) is 5.95 Å². The zero-order chi connectivity index (χ0) is 24.3. The summed E-state index contributed by atoms with van der Waals surface area (Å²) in [6.07, 6.45) is -2.66. The monoisotopic (exact) mass is 509 g/mol. The van der Waals surface area contributed by atoms with Crippen molar-refractivity contribution in [2.45, 2.75) is 32.5 Å². The lowest BCUT2D eigenvalue weighted by Gasteiger charge is -2.32. The maximum absolute atomic E-state index is 13.5. The molecule has 2 N–H and O–H groups in total. The first kappa shape index (κ1) is 24.3. The fraction of sp³-hybridized carbons (Fsp3) is 0.348. The van der Waals surface area contributed by atoms with Crippen molar-refractivity contribution in [3.05, 3.63) is 58.9 Å². The van der Waals surface area contributed by atoms with Gasteiger partial charge in [-0.05, 0) is 67.4 Å². The molecule has 6 nitrogen and oxygen atoms in total. The summed E-state index contributed by atoms with van der Waals surface area (Å²) >= 11 is 11.2. The van der Waals surface area contributed by atoms with E-state index < -0.39 is 11.9 Å². The molecule has 0 unspecified atom stereocenters. The first-order chi connectivity index (χ1) is 16.2. The van der Waals surface area contributed by atoms with Crippen LogP contribution in [-0.4, -0.2) is 28.2 Å². The molecule has 1 aliphatic heterocycles. The van der Waals surface area contributed by atoms with Crippen molar-refractivity contribution < 1.29 is 17.6 Å². The number of alkyl halides is 3. The number of hydrogen-bond donors (Lipinski definition) is 2. The van der Waals surface area contributed by atoms with Gasteiger partial charge in [0.1, 0.15) is 17.3 Å². The minimum Gasteiger partial charge on any atom is -0.459 e. The number of aromatic nitrogens is 2. The lowest BCUT2D eigenvalue weighted by atomic mass is 10.0. The van der Waals surface area contributed by atoms with Gasteiger partial charge in [-0.15, -0.1) is 0 Å². The lowest BCUT2D eigenvalue weighted by molar-refractivity contribution is -0.141. The number of rotatable bonds is 5. The van der Waals surface area contributed by atoms with E-state index in [1.54, 1.807) is 18.2 Å². The average molecular weight is 510 g/mol. The molecule has 2 aromatic heterocycles. The summed E-state index contributed by atoms with van der Waals surface area (Å²) < 4.78 is 46.2. The Hall–Kier alpha value is -2.85. The molecule has 1 aromatic carbocycles. The third-order valence-electron chi connectivity index (χ3n) is 5.42. The Balaban J connectivity index is 1.43. The minimum absolute atomic E-state index is 0.0849. The van der Waals surface area contributed by atoms with Crippen LogP contribution >= 0.6 is 23.8 Å². The predicted octanol–water partition coefficient (Wildman–Crippen LogP) is 6.13. The van der Waals surface area contributed by atoms with Crippen LogP contribution in [0.4, 0.5) is 24.9 Å². The summed E-state index contributed by atoms with van der Waals surface area (Å²) in [5, 5.41) is 6.30. The van der Waals surface area contributed by atoms with Gasteiger partial charge in [-0.1, -0.05) is 18.5 Å². The molecule has 3 heterocycles. The number of thiocarbonyl (C=S) groups is 1. The number of halogens is 4. The van der Waals surface area contributed by atoms with E-state index in [0.29, 0.717) is 35.6 Å². The molecule has 34 heavy (non-hydrogen) atoms. The van der Waals surface area contributed by atoms with Crippen LogP contribution in [0, 0.1) is 5.92 Å². The van der Waals surface area contributed by atoms with Gasteiger partial charge in [-0.3, -0.25) is 0 Å². The Labute approximate surface area is 205 Å². The average Bonchev–Trinajstić information content (AvgIpc) is 3.26. The molecule has 11 heteroatoms. The Kier molecular flexibility index (Phi) is 7.27. The maximum atomic E-state index is 13.5. The van der Waals surface area contributed by atoms with Crippen LogP contribution in [-0.2, 0) is 12.7 Å². The SMILES string of the molecule is C[C@H]1CCCN(c2cc(C(F)(F)F)nc(NC(=S)NCc3ccc(-c4ccc(Cl)cc4)o3)n2)C1. The van der Waals surface area contributed by atoms with Crippen LogP contribution < -0.4 is 15.5 Å². The predicted molar refractivity (Wildman–Crippen MR) is 130 cm³/mol. The lowest BCUT2D eigenvalue weighted by Crippen LogP contribution is -2.35. The second kappa shape index (κ2) is 10.2. The van der Waals surface area contributed by atoms with Crippen molar-refractivity contribution in [1.82, 2.24) is 15.3 Å². The van der Waals surface area contributed by atoms with Crippen LogP contribution in [0.25, 0.3) is 11.3 Å². The molecule has 3 aromatic rings. The van der Waals surface area contributed by atoms with Crippen molar-refractivity contribution in [3.63, 3.8) is 0 Å². The Morgan fingerprint density at radius 1 is 1.21 bits per heavy atom. The molecule has 1 atom stereocenters. The van der Waals surface area contributed by atoms with Gasteiger partial charge < -0.3 is 20.0 Å².